The van der Waals surface area contributed by atoms with E-state index < -0.39 is 11.7 Å². The molecule has 0 radical (unpaired) electrons. The van der Waals surface area contributed by atoms with E-state index in [1.807, 2.05) is 20.0 Å². The van der Waals surface area contributed by atoms with Crippen LogP contribution in [0.15, 0.2) is 30.5 Å². The fourth-order valence-electron chi connectivity index (χ4n) is 4.15. The Morgan fingerprint density at radius 2 is 1.97 bits per heavy atom. The number of nitrogens with one attached hydrogen (secondary N) is 3. The quantitative estimate of drug-likeness (QED) is 0.670. The molecule has 1 fully saturated rings. The van der Waals surface area contributed by atoms with Gasteiger partial charge in [0.25, 0.3) is 0 Å². The Hall–Kier alpha value is -2.88. The summed E-state index contributed by atoms with van der Waals surface area (Å²) in [6, 6.07) is 4.98. The van der Waals surface area contributed by atoms with Crippen LogP contribution in [0.5, 0.6) is 0 Å². The summed E-state index contributed by atoms with van der Waals surface area (Å²) in [6.45, 7) is 6.12. The predicted molar refractivity (Wildman–Crippen MR) is 114 cm³/mol. The molecule has 1 aromatic carbocycles. The number of urea groups is 1. The number of nitrogens with zero attached hydrogens (tertiary/aromatic N) is 3. The van der Waals surface area contributed by atoms with Crippen LogP contribution >= 0.6 is 0 Å². The molecule has 1 unspecified atom stereocenters. The Bertz CT molecular complexity index is 963. The maximum absolute atomic E-state index is 13.0. The van der Waals surface area contributed by atoms with E-state index in [4.69, 9.17) is 0 Å². The first-order valence-corrected chi connectivity index (χ1v) is 10.8. The molecule has 0 bridgehead atoms. The smallest absolute Gasteiger partial charge is 0.352 e. The summed E-state index contributed by atoms with van der Waals surface area (Å²) in [4.78, 5) is 23.6. The number of amides is 2. The highest BCUT2D eigenvalue weighted by Gasteiger charge is 2.34. The van der Waals surface area contributed by atoms with E-state index in [0.717, 1.165) is 29.0 Å². The molecule has 2 amide bonds. The number of anilines is 1. The lowest BCUT2D eigenvalue weighted by Crippen LogP contribution is -2.48. The average molecular weight is 448 g/mol. The number of halogens is 3. The first-order valence-electron chi connectivity index (χ1n) is 10.8. The molecule has 1 aromatic heterocycles. The molecule has 2 atom stereocenters. The largest absolute Gasteiger partial charge is 0.416 e. The van der Waals surface area contributed by atoms with Crippen molar-refractivity contribution >= 4 is 12.0 Å². The second kappa shape index (κ2) is 8.93. The number of fused-ring (bicyclic) bond motifs is 1. The molecule has 7 nitrogen and oxygen atoms in total. The number of aromatic nitrogens is 2. The van der Waals surface area contributed by atoms with E-state index in [9.17, 15) is 18.0 Å². The second-order valence-corrected chi connectivity index (χ2v) is 8.58. The first kappa shape index (κ1) is 22.3. The molecule has 32 heavy (non-hydrogen) atoms. The molecular weight excluding hydrogens is 421 g/mol. The summed E-state index contributed by atoms with van der Waals surface area (Å²) in [6.07, 6.45) is -1.88. The zero-order valence-electron chi connectivity index (χ0n) is 18.0. The van der Waals surface area contributed by atoms with Crippen LogP contribution in [0, 0.1) is 0 Å². The number of alkyl halides is 3. The molecule has 4 rings (SSSR count). The number of benzene rings is 1. The second-order valence-electron chi connectivity index (χ2n) is 8.58. The number of hydrogen-bond donors (Lipinski definition) is 3. The zero-order chi connectivity index (χ0) is 22.9. The Morgan fingerprint density at radius 3 is 2.66 bits per heavy atom. The van der Waals surface area contributed by atoms with E-state index >= 15 is 0 Å². The van der Waals surface area contributed by atoms with E-state index in [1.165, 1.54) is 12.1 Å². The van der Waals surface area contributed by atoms with Crippen molar-refractivity contribution < 1.29 is 18.0 Å². The molecule has 172 valence electrons. The number of hydrogen-bond acceptors (Lipinski definition) is 5. The fraction of sp³-hybridized carbons (Fsp3) is 0.500. The van der Waals surface area contributed by atoms with Crippen molar-refractivity contribution in [1.29, 1.82) is 0 Å². The van der Waals surface area contributed by atoms with Crippen LogP contribution in [0.1, 0.15) is 42.1 Å². The van der Waals surface area contributed by atoms with Crippen LogP contribution in [0.2, 0.25) is 0 Å². The SMILES string of the molecule is CC(C)Nc1ncc2c(n1)CN(C(=O)NC1CNC[C@H]1c1ccc(C(F)(F)F)cc1)CC2. The van der Waals surface area contributed by atoms with Crippen molar-refractivity contribution in [1.82, 2.24) is 25.5 Å². The molecular formula is C22H27F3N6O. The molecule has 10 heteroatoms. The molecule has 0 saturated carbocycles. The van der Waals surface area contributed by atoms with Crippen LogP contribution < -0.4 is 16.0 Å². The zero-order valence-corrected chi connectivity index (χ0v) is 18.0. The monoisotopic (exact) mass is 448 g/mol. The van der Waals surface area contributed by atoms with E-state index in [0.29, 0.717) is 38.5 Å². The maximum atomic E-state index is 13.0. The van der Waals surface area contributed by atoms with E-state index in [-0.39, 0.29) is 24.0 Å². The number of rotatable bonds is 4. The van der Waals surface area contributed by atoms with Crippen LogP contribution in [0.25, 0.3) is 0 Å². The number of carbonyl (C=O) groups is 1. The van der Waals surface area contributed by atoms with Gasteiger partial charge in [-0.3, -0.25) is 0 Å². The predicted octanol–water partition coefficient (Wildman–Crippen LogP) is 3.14. The average Bonchev–Trinajstić information content (AvgIpc) is 3.20. The minimum absolute atomic E-state index is 0.0949. The van der Waals surface area contributed by atoms with Crippen molar-refractivity contribution in [3.63, 3.8) is 0 Å². The summed E-state index contributed by atoms with van der Waals surface area (Å²) < 4.78 is 38.6. The van der Waals surface area contributed by atoms with Crippen molar-refractivity contribution in [3.05, 3.63) is 52.8 Å². The van der Waals surface area contributed by atoms with Gasteiger partial charge in [-0.2, -0.15) is 13.2 Å². The lowest BCUT2D eigenvalue weighted by Gasteiger charge is -2.30. The van der Waals surface area contributed by atoms with Gasteiger partial charge in [-0.1, -0.05) is 12.1 Å². The molecule has 2 aliphatic heterocycles. The molecule has 0 spiro atoms. The topological polar surface area (TPSA) is 82.2 Å². The van der Waals surface area contributed by atoms with Gasteiger partial charge in [-0.15, -0.1) is 0 Å². The van der Waals surface area contributed by atoms with Gasteiger partial charge in [0.2, 0.25) is 5.95 Å². The van der Waals surface area contributed by atoms with Crippen molar-refractivity contribution in [2.45, 2.75) is 51.0 Å². The van der Waals surface area contributed by atoms with Crippen LogP contribution in [-0.4, -0.2) is 52.6 Å². The molecule has 2 aliphatic rings. The summed E-state index contributed by atoms with van der Waals surface area (Å²) in [5, 5.41) is 9.47. The lowest BCUT2D eigenvalue weighted by atomic mass is 9.93. The van der Waals surface area contributed by atoms with Gasteiger partial charge in [-0.25, -0.2) is 14.8 Å². The van der Waals surface area contributed by atoms with E-state index in [1.54, 1.807) is 4.90 Å². The van der Waals surface area contributed by atoms with E-state index in [2.05, 4.69) is 25.9 Å². The lowest BCUT2D eigenvalue weighted by molar-refractivity contribution is -0.137. The van der Waals surface area contributed by atoms with Crippen LogP contribution in [-0.2, 0) is 19.1 Å². The van der Waals surface area contributed by atoms with Gasteiger partial charge in [0.15, 0.2) is 0 Å². The summed E-state index contributed by atoms with van der Waals surface area (Å²) >= 11 is 0. The van der Waals surface area contributed by atoms with Crippen LogP contribution in [0.4, 0.5) is 23.9 Å². The summed E-state index contributed by atoms with van der Waals surface area (Å²) in [5.41, 5.74) is 1.96. The Balaban J connectivity index is 1.41. The molecule has 0 aliphatic carbocycles. The van der Waals surface area contributed by atoms with Crippen molar-refractivity contribution in [2.24, 2.45) is 0 Å². The third-order valence-electron chi connectivity index (χ3n) is 5.84. The Morgan fingerprint density at radius 1 is 1.22 bits per heavy atom. The minimum Gasteiger partial charge on any atom is -0.352 e. The molecule has 2 aromatic rings. The molecule has 3 heterocycles. The minimum atomic E-state index is -4.36. The highest BCUT2D eigenvalue weighted by atomic mass is 19.4. The highest BCUT2D eigenvalue weighted by molar-refractivity contribution is 5.75. The Kier molecular flexibility index (Phi) is 6.23. The van der Waals surface area contributed by atoms with Gasteiger partial charge >= 0.3 is 12.2 Å². The third-order valence-corrected chi connectivity index (χ3v) is 5.84. The van der Waals surface area contributed by atoms with Crippen molar-refractivity contribution in [3.8, 4) is 0 Å². The first-order chi connectivity index (χ1) is 15.2. The summed E-state index contributed by atoms with van der Waals surface area (Å²) in [7, 11) is 0. The molecule has 1 saturated heterocycles. The van der Waals surface area contributed by atoms with Gasteiger partial charge < -0.3 is 20.9 Å². The summed E-state index contributed by atoms with van der Waals surface area (Å²) in [5.74, 6) is 0.450. The normalized spacial score (nSPS) is 20.9. The van der Waals surface area contributed by atoms with Crippen LogP contribution in [0.3, 0.4) is 0 Å². The van der Waals surface area contributed by atoms with Gasteiger partial charge in [0, 0.05) is 37.8 Å². The fourth-order valence-corrected chi connectivity index (χ4v) is 4.15. The Labute approximate surface area is 184 Å². The molecule has 3 N–H and O–H groups in total. The van der Waals surface area contributed by atoms with Crippen molar-refractivity contribution in [2.75, 3.05) is 25.0 Å². The van der Waals surface area contributed by atoms with Gasteiger partial charge in [0.05, 0.1) is 23.8 Å². The number of carbonyl (C=O) groups excluding carboxylic acids is 1. The maximum Gasteiger partial charge on any atom is 0.416 e. The van der Waals surface area contributed by atoms with Gasteiger partial charge in [-0.05, 0) is 43.5 Å². The third kappa shape index (κ3) is 4.95. The standard InChI is InChI=1S/C22H27F3N6O/c1-13(2)28-20-27-9-15-7-8-31(12-19(15)29-20)21(32)30-18-11-26-10-17(18)14-3-5-16(6-4-14)22(23,24)25/h3-6,9,13,17-18,26H,7-8,10-12H2,1-2H3,(H,30,32)(H,27,28,29)/t17-,18?/m0/s1. The van der Waals surface area contributed by atoms with Gasteiger partial charge in [0.1, 0.15) is 0 Å². The highest BCUT2D eigenvalue weighted by Crippen LogP contribution is 2.31.